The average Bonchev–Trinajstić information content (AvgIpc) is 3.14. The molecule has 0 heterocycles. The molecule has 0 spiro atoms. The Kier molecular flexibility index (Phi) is 5.64. The zero-order valence-corrected chi connectivity index (χ0v) is 15.5. The first-order valence-electron chi connectivity index (χ1n) is 8.88. The van der Waals surface area contributed by atoms with Crippen molar-refractivity contribution in [2.24, 2.45) is 0 Å². The lowest BCUT2D eigenvalue weighted by atomic mass is 10.0. The fourth-order valence-corrected chi connectivity index (χ4v) is 3.47. The maximum absolute atomic E-state index is 12.8. The molecule has 27 heavy (non-hydrogen) atoms. The molecule has 2 N–H and O–H groups in total. The van der Waals surface area contributed by atoms with Gasteiger partial charge in [-0.1, -0.05) is 6.07 Å². The highest BCUT2D eigenvalue weighted by atomic mass is 16.5. The summed E-state index contributed by atoms with van der Waals surface area (Å²) in [5.41, 5.74) is 3.61. The van der Waals surface area contributed by atoms with Gasteiger partial charge in [0.25, 0.3) is 5.91 Å². The van der Waals surface area contributed by atoms with Gasteiger partial charge in [-0.2, -0.15) is 0 Å². The number of ether oxygens (including phenoxy) is 2. The molecule has 0 bridgehead atoms. The van der Waals surface area contributed by atoms with Crippen molar-refractivity contribution in [3.63, 3.8) is 0 Å². The molecule has 2 aromatic carbocycles. The minimum atomic E-state index is -1.01. The van der Waals surface area contributed by atoms with E-state index < -0.39 is 12.0 Å². The van der Waals surface area contributed by atoms with Crippen LogP contribution in [0.2, 0.25) is 0 Å². The minimum absolute atomic E-state index is 0.251. The molecule has 0 saturated carbocycles. The van der Waals surface area contributed by atoms with Gasteiger partial charge in [0.05, 0.1) is 26.7 Å². The van der Waals surface area contributed by atoms with Crippen molar-refractivity contribution in [3.05, 3.63) is 58.7 Å². The van der Waals surface area contributed by atoms with Crippen LogP contribution in [0.1, 0.15) is 45.9 Å². The summed E-state index contributed by atoms with van der Waals surface area (Å²) >= 11 is 0. The third kappa shape index (κ3) is 4.22. The van der Waals surface area contributed by atoms with Crippen molar-refractivity contribution in [1.82, 2.24) is 5.32 Å². The molecule has 142 valence electrons. The molecule has 0 saturated heterocycles. The zero-order valence-electron chi connectivity index (χ0n) is 15.5. The number of carboxylic acids is 1. The zero-order chi connectivity index (χ0) is 19.4. The second kappa shape index (κ2) is 8.12. The number of carbonyl (C=O) groups excluding carboxylic acids is 1. The van der Waals surface area contributed by atoms with Gasteiger partial charge in [0.2, 0.25) is 0 Å². The predicted octanol–water partition coefficient (Wildman–Crippen LogP) is 3.14. The molecular weight excluding hydrogens is 346 g/mol. The van der Waals surface area contributed by atoms with Gasteiger partial charge in [-0.3, -0.25) is 9.59 Å². The highest BCUT2D eigenvalue weighted by Gasteiger charge is 2.23. The number of nitrogens with one attached hydrogen (secondary N) is 1. The van der Waals surface area contributed by atoms with E-state index in [2.05, 4.69) is 5.32 Å². The van der Waals surface area contributed by atoms with Gasteiger partial charge in [-0.25, -0.2) is 0 Å². The summed E-state index contributed by atoms with van der Waals surface area (Å²) in [6, 6.07) is 10.1. The summed E-state index contributed by atoms with van der Waals surface area (Å²) in [6.07, 6.45) is 2.87. The summed E-state index contributed by atoms with van der Waals surface area (Å²) in [5.74, 6) is -0.245. The van der Waals surface area contributed by atoms with Crippen molar-refractivity contribution in [2.45, 2.75) is 31.7 Å². The predicted molar refractivity (Wildman–Crippen MR) is 100 cm³/mol. The molecule has 0 aliphatic heterocycles. The molecule has 3 rings (SSSR count). The molecule has 1 unspecified atom stereocenters. The van der Waals surface area contributed by atoms with Gasteiger partial charge in [-0.05, 0) is 54.7 Å². The SMILES string of the molecule is COc1ccc(C(CC(=O)O)NC(=O)c2ccc3c(c2)CCC3)c(OC)c1. The van der Waals surface area contributed by atoms with Crippen molar-refractivity contribution in [1.29, 1.82) is 0 Å². The Morgan fingerprint density at radius 2 is 1.85 bits per heavy atom. The molecule has 0 fully saturated rings. The first-order valence-corrected chi connectivity index (χ1v) is 8.88. The van der Waals surface area contributed by atoms with Gasteiger partial charge in [0.1, 0.15) is 11.5 Å². The summed E-state index contributed by atoms with van der Waals surface area (Å²) in [4.78, 5) is 24.1. The number of amides is 1. The van der Waals surface area contributed by atoms with Crippen LogP contribution in [0.5, 0.6) is 11.5 Å². The van der Waals surface area contributed by atoms with E-state index in [-0.39, 0.29) is 12.3 Å². The van der Waals surface area contributed by atoms with Gasteiger partial charge < -0.3 is 19.9 Å². The van der Waals surface area contributed by atoms with E-state index >= 15 is 0 Å². The van der Waals surface area contributed by atoms with Crippen LogP contribution in [0, 0.1) is 0 Å². The van der Waals surface area contributed by atoms with E-state index in [1.807, 2.05) is 12.1 Å². The van der Waals surface area contributed by atoms with E-state index in [9.17, 15) is 14.7 Å². The fourth-order valence-electron chi connectivity index (χ4n) is 3.47. The first-order chi connectivity index (χ1) is 13.0. The monoisotopic (exact) mass is 369 g/mol. The van der Waals surface area contributed by atoms with Crippen molar-refractivity contribution in [2.75, 3.05) is 14.2 Å². The second-order valence-corrected chi connectivity index (χ2v) is 6.57. The number of benzene rings is 2. The van der Waals surface area contributed by atoms with Crippen LogP contribution in [0.4, 0.5) is 0 Å². The molecule has 0 aromatic heterocycles. The number of rotatable bonds is 7. The van der Waals surface area contributed by atoms with Gasteiger partial charge in [0.15, 0.2) is 0 Å². The van der Waals surface area contributed by atoms with Crippen molar-refractivity contribution in [3.8, 4) is 11.5 Å². The van der Waals surface area contributed by atoms with Crippen LogP contribution in [-0.2, 0) is 17.6 Å². The molecule has 1 aliphatic carbocycles. The quantitative estimate of drug-likeness (QED) is 0.783. The van der Waals surface area contributed by atoms with Crippen LogP contribution in [0.15, 0.2) is 36.4 Å². The number of carboxylic acid groups (broad SMARTS) is 1. The molecule has 1 aliphatic rings. The lowest BCUT2D eigenvalue weighted by Crippen LogP contribution is -2.30. The molecular formula is C21H23NO5. The van der Waals surface area contributed by atoms with Gasteiger partial charge in [0, 0.05) is 17.2 Å². The maximum atomic E-state index is 12.8. The Labute approximate surface area is 158 Å². The van der Waals surface area contributed by atoms with E-state index in [0.717, 1.165) is 19.3 Å². The fraction of sp³-hybridized carbons (Fsp3) is 0.333. The number of aryl methyl sites for hydroxylation is 2. The normalized spacial score (nSPS) is 13.6. The topological polar surface area (TPSA) is 84.9 Å². The van der Waals surface area contributed by atoms with Crippen LogP contribution in [0.3, 0.4) is 0 Å². The Morgan fingerprint density at radius 3 is 2.56 bits per heavy atom. The number of carbonyl (C=O) groups is 2. The lowest BCUT2D eigenvalue weighted by Gasteiger charge is -2.20. The summed E-state index contributed by atoms with van der Waals surface area (Å²) in [5, 5.41) is 12.1. The number of methoxy groups -OCH3 is 2. The molecule has 1 atom stereocenters. The Morgan fingerprint density at radius 1 is 1.07 bits per heavy atom. The number of fused-ring (bicyclic) bond motifs is 1. The third-order valence-corrected chi connectivity index (χ3v) is 4.86. The number of hydrogen-bond donors (Lipinski definition) is 2. The third-order valence-electron chi connectivity index (χ3n) is 4.86. The second-order valence-electron chi connectivity index (χ2n) is 6.57. The summed E-state index contributed by atoms with van der Waals surface area (Å²) in [7, 11) is 3.04. The molecule has 2 aromatic rings. The van der Waals surface area contributed by atoms with E-state index in [4.69, 9.17) is 9.47 Å². The number of hydrogen-bond acceptors (Lipinski definition) is 4. The smallest absolute Gasteiger partial charge is 0.305 e. The van der Waals surface area contributed by atoms with Gasteiger partial charge >= 0.3 is 5.97 Å². The Balaban J connectivity index is 1.87. The minimum Gasteiger partial charge on any atom is -0.497 e. The van der Waals surface area contributed by atoms with Crippen LogP contribution < -0.4 is 14.8 Å². The molecule has 6 nitrogen and oxygen atoms in total. The van der Waals surface area contributed by atoms with Crippen molar-refractivity contribution < 1.29 is 24.2 Å². The lowest BCUT2D eigenvalue weighted by molar-refractivity contribution is -0.137. The highest BCUT2D eigenvalue weighted by Crippen LogP contribution is 2.31. The Hall–Kier alpha value is -3.02. The highest BCUT2D eigenvalue weighted by molar-refractivity contribution is 5.95. The van der Waals surface area contributed by atoms with Crippen LogP contribution in [0.25, 0.3) is 0 Å². The average molecular weight is 369 g/mol. The summed E-state index contributed by atoms with van der Waals surface area (Å²) in [6.45, 7) is 0. The van der Waals surface area contributed by atoms with Gasteiger partial charge in [-0.15, -0.1) is 0 Å². The van der Waals surface area contributed by atoms with E-state index in [1.165, 1.54) is 18.2 Å². The molecule has 6 heteroatoms. The van der Waals surface area contributed by atoms with Crippen LogP contribution >= 0.6 is 0 Å². The van der Waals surface area contributed by atoms with E-state index in [0.29, 0.717) is 22.6 Å². The van der Waals surface area contributed by atoms with E-state index in [1.54, 1.807) is 31.4 Å². The summed E-state index contributed by atoms with van der Waals surface area (Å²) < 4.78 is 10.6. The maximum Gasteiger partial charge on any atom is 0.305 e. The molecule has 1 amide bonds. The van der Waals surface area contributed by atoms with Crippen LogP contribution in [-0.4, -0.2) is 31.2 Å². The first kappa shape index (κ1) is 18.8. The standard InChI is InChI=1S/C21H23NO5/c1-26-16-8-9-17(19(11-16)27-2)18(12-20(23)24)22-21(25)15-7-6-13-4-3-5-14(13)10-15/h6-11,18H,3-5,12H2,1-2H3,(H,22,25)(H,23,24). The Bertz CT molecular complexity index is 862. The molecule has 0 radical (unpaired) electrons. The number of aliphatic carboxylic acids is 1. The largest absolute Gasteiger partial charge is 0.497 e. The van der Waals surface area contributed by atoms with Crippen molar-refractivity contribution >= 4 is 11.9 Å².